The third-order valence-electron chi connectivity index (χ3n) is 4.07. The van der Waals surface area contributed by atoms with Gasteiger partial charge in [0.1, 0.15) is 0 Å². The molecule has 0 amide bonds. The fourth-order valence-corrected chi connectivity index (χ4v) is 3.03. The van der Waals surface area contributed by atoms with Crippen LogP contribution in [0.2, 0.25) is 0 Å². The maximum atomic E-state index is 12.9. The van der Waals surface area contributed by atoms with Crippen molar-refractivity contribution in [1.82, 2.24) is 5.32 Å². The fourth-order valence-electron chi connectivity index (χ4n) is 3.03. The number of alkyl halides is 6. The first-order valence-corrected chi connectivity index (χ1v) is 6.94. The number of rotatable bonds is 4. The molecule has 0 aliphatic heterocycles. The van der Waals surface area contributed by atoms with Crippen LogP contribution in [0.1, 0.15) is 39.5 Å². The molecule has 0 bridgehead atoms. The van der Waals surface area contributed by atoms with Gasteiger partial charge in [0.2, 0.25) is 0 Å². The second-order valence-corrected chi connectivity index (χ2v) is 5.66. The van der Waals surface area contributed by atoms with E-state index < -0.39 is 30.2 Å². The van der Waals surface area contributed by atoms with Gasteiger partial charge in [0.15, 0.2) is 5.92 Å². The van der Waals surface area contributed by atoms with E-state index >= 15 is 0 Å². The van der Waals surface area contributed by atoms with E-state index in [9.17, 15) is 26.3 Å². The molecule has 1 aliphatic rings. The Morgan fingerprint density at radius 2 is 1.40 bits per heavy atom. The molecule has 0 saturated heterocycles. The summed E-state index contributed by atoms with van der Waals surface area (Å²) >= 11 is 0. The zero-order valence-corrected chi connectivity index (χ0v) is 11.6. The Kier molecular flexibility index (Phi) is 5.75. The maximum absolute atomic E-state index is 12.9. The van der Waals surface area contributed by atoms with E-state index in [1.165, 1.54) is 6.92 Å². The standard InChI is InChI=1S/C13H21F6N/c1-3-20-10(9-6-4-8(2)5-7-9)11(12(14,15)16)13(17,18)19/h8-11,20H,3-7H2,1-2H3. The lowest BCUT2D eigenvalue weighted by molar-refractivity contribution is -0.295. The van der Waals surface area contributed by atoms with Gasteiger partial charge in [0.25, 0.3) is 0 Å². The average molecular weight is 305 g/mol. The smallest absolute Gasteiger partial charge is 0.313 e. The van der Waals surface area contributed by atoms with Gasteiger partial charge in [0.05, 0.1) is 0 Å². The summed E-state index contributed by atoms with van der Waals surface area (Å²) in [4.78, 5) is 0. The molecule has 0 radical (unpaired) electrons. The Balaban J connectivity index is 2.96. The van der Waals surface area contributed by atoms with Crippen LogP contribution in [0.3, 0.4) is 0 Å². The number of hydrogen-bond donors (Lipinski definition) is 1. The third kappa shape index (κ3) is 4.53. The SMILES string of the molecule is CCNC(C1CCC(C)CC1)C(C(F)(F)F)C(F)(F)F. The topological polar surface area (TPSA) is 12.0 Å². The predicted octanol–water partition coefficient (Wildman–Crippen LogP) is 4.53. The summed E-state index contributed by atoms with van der Waals surface area (Å²) in [5.41, 5.74) is 0. The van der Waals surface area contributed by atoms with E-state index in [1.54, 1.807) is 0 Å². The van der Waals surface area contributed by atoms with E-state index in [4.69, 9.17) is 0 Å². The quantitative estimate of drug-likeness (QED) is 0.752. The van der Waals surface area contributed by atoms with Crippen molar-refractivity contribution in [3.05, 3.63) is 0 Å². The van der Waals surface area contributed by atoms with Crippen molar-refractivity contribution < 1.29 is 26.3 Å². The molecule has 1 atom stereocenters. The summed E-state index contributed by atoms with van der Waals surface area (Å²) in [5.74, 6) is -3.48. The molecule has 0 heterocycles. The minimum absolute atomic E-state index is 0.0966. The summed E-state index contributed by atoms with van der Waals surface area (Å²) in [6, 6.07) is -1.58. The third-order valence-corrected chi connectivity index (χ3v) is 4.07. The molecule has 1 fully saturated rings. The molecule has 0 spiro atoms. The highest BCUT2D eigenvalue weighted by Gasteiger charge is 2.61. The van der Waals surface area contributed by atoms with E-state index in [2.05, 4.69) is 5.32 Å². The molecular weight excluding hydrogens is 284 g/mol. The van der Waals surface area contributed by atoms with Gasteiger partial charge in [0, 0.05) is 6.04 Å². The van der Waals surface area contributed by atoms with E-state index in [1.807, 2.05) is 6.92 Å². The van der Waals surface area contributed by atoms with Crippen LogP contribution in [0.5, 0.6) is 0 Å². The predicted molar refractivity (Wildman–Crippen MR) is 64.2 cm³/mol. The average Bonchev–Trinajstić information content (AvgIpc) is 2.25. The molecule has 20 heavy (non-hydrogen) atoms. The minimum atomic E-state index is -5.27. The van der Waals surface area contributed by atoms with Crippen LogP contribution in [0.15, 0.2) is 0 Å². The van der Waals surface area contributed by atoms with Crippen molar-refractivity contribution in [2.45, 2.75) is 57.9 Å². The van der Waals surface area contributed by atoms with Gasteiger partial charge in [-0.1, -0.05) is 26.7 Å². The van der Waals surface area contributed by atoms with Crippen molar-refractivity contribution >= 4 is 0 Å². The van der Waals surface area contributed by atoms with Crippen molar-refractivity contribution in [3.8, 4) is 0 Å². The van der Waals surface area contributed by atoms with Gasteiger partial charge in [-0.25, -0.2) is 0 Å². The van der Waals surface area contributed by atoms with Gasteiger partial charge in [-0.2, -0.15) is 26.3 Å². The molecule has 0 aromatic carbocycles. The van der Waals surface area contributed by atoms with Crippen LogP contribution >= 0.6 is 0 Å². The van der Waals surface area contributed by atoms with Crippen molar-refractivity contribution in [3.63, 3.8) is 0 Å². The largest absolute Gasteiger partial charge is 0.402 e. The number of nitrogens with one attached hydrogen (secondary N) is 1. The lowest BCUT2D eigenvalue weighted by Crippen LogP contribution is -2.54. The Morgan fingerprint density at radius 1 is 0.950 bits per heavy atom. The van der Waals surface area contributed by atoms with E-state index in [0.29, 0.717) is 31.6 Å². The lowest BCUT2D eigenvalue weighted by atomic mass is 9.75. The van der Waals surface area contributed by atoms with Gasteiger partial charge >= 0.3 is 12.4 Å². The van der Waals surface area contributed by atoms with Crippen LogP contribution in [-0.2, 0) is 0 Å². The van der Waals surface area contributed by atoms with E-state index in [-0.39, 0.29) is 6.54 Å². The van der Waals surface area contributed by atoms with Crippen molar-refractivity contribution in [2.75, 3.05) is 6.54 Å². The summed E-state index contributed by atoms with van der Waals surface area (Å²) in [7, 11) is 0. The Bertz CT molecular complexity index is 276. The highest BCUT2D eigenvalue weighted by atomic mass is 19.4. The van der Waals surface area contributed by atoms with Gasteiger partial charge in [-0.3, -0.25) is 0 Å². The lowest BCUT2D eigenvalue weighted by Gasteiger charge is -2.39. The summed E-state index contributed by atoms with van der Waals surface area (Å²) < 4.78 is 77.2. The molecule has 1 nitrogen and oxygen atoms in total. The first kappa shape index (κ1) is 17.6. The van der Waals surface area contributed by atoms with Crippen molar-refractivity contribution in [2.24, 2.45) is 17.8 Å². The summed E-state index contributed by atoms with van der Waals surface area (Å²) in [6.45, 7) is 3.60. The molecule has 0 aromatic heterocycles. The first-order valence-electron chi connectivity index (χ1n) is 6.94. The van der Waals surface area contributed by atoms with Crippen molar-refractivity contribution in [1.29, 1.82) is 0 Å². The fraction of sp³-hybridized carbons (Fsp3) is 1.00. The molecule has 1 N–H and O–H groups in total. The Morgan fingerprint density at radius 3 is 1.75 bits per heavy atom. The molecule has 1 rings (SSSR count). The van der Waals surface area contributed by atoms with Crippen LogP contribution in [0.25, 0.3) is 0 Å². The molecule has 1 unspecified atom stereocenters. The zero-order chi connectivity index (χ0) is 15.6. The molecule has 0 aromatic rings. The molecule has 1 saturated carbocycles. The normalized spacial score (nSPS) is 26.9. The number of halogens is 6. The highest BCUT2D eigenvalue weighted by molar-refractivity contribution is 4.92. The van der Waals surface area contributed by atoms with Gasteiger partial charge < -0.3 is 5.32 Å². The van der Waals surface area contributed by atoms with E-state index in [0.717, 1.165) is 0 Å². The summed E-state index contributed by atoms with van der Waals surface area (Å²) in [6.07, 6.45) is -8.32. The monoisotopic (exact) mass is 305 g/mol. The van der Waals surface area contributed by atoms with Gasteiger partial charge in [-0.05, 0) is 31.2 Å². The second-order valence-electron chi connectivity index (χ2n) is 5.66. The summed E-state index contributed by atoms with van der Waals surface area (Å²) in [5, 5.41) is 2.44. The Hall–Kier alpha value is -0.460. The Labute approximate surface area is 115 Å². The first-order chi connectivity index (χ1) is 9.07. The van der Waals surface area contributed by atoms with Crippen LogP contribution in [0, 0.1) is 17.8 Å². The highest BCUT2D eigenvalue weighted by Crippen LogP contribution is 2.45. The minimum Gasteiger partial charge on any atom is -0.313 e. The molecule has 120 valence electrons. The van der Waals surface area contributed by atoms with Crippen LogP contribution < -0.4 is 5.32 Å². The maximum Gasteiger partial charge on any atom is 0.402 e. The molecular formula is C13H21F6N. The number of hydrogen-bond acceptors (Lipinski definition) is 1. The van der Waals surface area contributed by atoms with Crippen LogP contribution in [0.4, 0.5) is 26.3 Å². The molecule has 1 aliphatic carbocycles. The van der Waals surface area contributed by atoms with Crippen LogP contribution in [-0.4, -0.2) is 24.9 Å². The zero-order valence-electron chi connectivity index (χ0n) is 11.6. The van der Waals surface area contributed by atoms with Gasteiger partial charge in [-0.15, -0.1) is 0 Å². The second kappa shape index (κ2) is 6.54. The molecule has 7 heteroatoms.